The Labute approximate surface area is 328 Å². The van der Waals surface area contributed by atoms with Gasteiger partial charge in [-0.2, -0.15) is 0 Å². The number of hydrogen-bond donors (Lipinski definition) is 0. The summed E-state index contributed by atoms with van der Waals surface area (Å²) in [5.74, 6) is -46.1. The molecule has 0 saturated carbocycles. The summed E-state index contributed by atoms with van der Waals surface area (Å²) in [6.45, 7) is 5.89. The minimum absolute atomic E-state index is 0.133. The van der Waals surface area contributed by atoms with E-state index in [1.165, 1.54) is 37.8 Å². The molecule has 1 aliphatic heterocycles. The summed E-state index contributed by atoms with van der Waals surface area (Å²) < 4.78 is 241. The molecule has 1 heterocycles. The minimum atomic E-state index is -6.23. The van der Waals surface area contributed by atoms with Crippen molar-refractivity contribution in [2.75, 3.05) is 18.4 Å². The molecule has 5 rings (SSSR count). The number of nitrogens with zero attached hydrogens (tertiary/aromatic N) is 2. The molecule has 3 aromatic carbocycles. The van der Waals surface area contributed by atoms with Crippen LogP contribution in [0.2, 0.25) is 5.76 Å². The molecule has 57 heavy (non-hydrogen) atoms. The Morgan fingerprint density at radius 1 is 0.561 bits per heavy atom. The van der Waals surface area contributed by atoms with E-state index in [9.17, 15) is 13.2 Å². The number of allylic oxidation sites excluding steroid dienone is 5. The molecule has 3 nitrogen and oxygen atoms in total. The molecule has 1 atom stereocenters. The molecule has 0 N–H and O–H groups in total. The van der Waals surface area contributed by atoms with Crippen molar-refractivity contribution in [3.63, 3.8) is 0 Å². The molecule has 3 aromatic rings. The fourth-order valence-corrected chi connectivity index (χ4v) is 15.8. The van der Waals surface area contributed by atoms with Gasteiger partial charge in [0, 0.05) is 0 Å². The van der Waals surface area contributed by atoms with E-state index >= 15 is 52.7 Å². The van der Waals surface area contributed by atoms with Gasteiger partial charge in [0.2, 0.25) is 0 Å². The Balaban J connectivity index is 0.00000232. The van der Waals surface area contributed by atoms with E-state index in [4.69, 9.17) is 26.9 Å². The second kappa shape index (κ2) is 17.4. The van der Waals surface area contributed by atoms with Crippen molar-refractivity contribution < 1.29 is 73.1 Å². The van der Waals surface area contributed by atoms with Crippen molar-refractivity contribution in [3.05, 3.63) is 123 Å². The van der Waals surface area contributed by atoms with Gasteiger partial charge in [-0.3, -0.25) is 0 Å². The Kier molecular flexibility index (Phi) is 14.0. The predicted octanol–water partition coefficient (Wildman–Crippen LogP) is 8.84. The summed E-state index contributed by atoms with van der Waals surface area (Å²) in [7, 11) is 0. The molecular formula is C35H28BCl2F15GeN2O. The molecule has 2 aliphatic rings. The first-order valence-electron chi connectivity index (χ1n) is 16.5. The van der Waals surface area contributed by atoms with Gasteiger partial charge in [0.05, 0.1) is 5.34 Å². The standard InChI is InChI=1S/C34H26BF15GeN2O.CH2Cl2/c1-13(2)11-52-15-9-7-6-8-10-16(15)53(12-14(3)4)51(52,5)54-35(17-20(36)26(42)32(48)27(43)21(17)37,18-22(38)28(44)33(49)29(45)23(18)39)19-24(40)30(46)34(50)31(47)25(19)41;2-1-3/h6-10,13-14H,11-12H2,1-5H3;1H2. The summed E-state index contributed by atoms with van der Waals surface area (Å²) in [4.78, 5) is 0. The smallest absolute Gasteiger partial charge is 0.0967 e. The first-order valence-corrected chi connectivity index (χ1v) is 22.4. The zero-order valence-corrected chi connectivity index (χ0v) is 33.6. The third-order valence-electron chi connectivity index (χ3n) is 9.02. The number of alkyl halides is 2. The average molecular weight is 932 g/mol. The molecule has 1 aliphatic carbocycles. The van der Waals surface area contributed by atoms with Crippen molar-refractivity contribution in [1.29, 1.82) is 0 Å². The average Bonchev–Trinajstić information content (AvgIpc) is 3.28. The van der Waals surface area contributed by atoms with Crippen LogP contribution in [0.25, 0.3) is 0 Å². The molecule has 0 saturated heterocycles. The normalized spacial score (nSPS) is 16.8. The van der Waals surface area contributed by atoms with Gasteiger partial charge in [0.15, 0.2) is 0 Å². The van der Waals surface area contributed by atoms with Crippen LogP contribution >= 0.6 is 23.2 Å². The molecule has 0 spiro atoms. The van der Waals surface area contributed by atoms with Crippen LogP contribution in [0.4, 0.5) is 65.9 Å². The van der Waals surface area contributed by atoms with Gasteiger partial charge in [-0.1, -0.05) is 0 Å². The van der Waals surface area contributed by atoms with E-state index in [0.29, 0.717) is 0 Å². The van der Waals surface area contributed by atoms with E-state index in [2.05, 4.69) is 0 Å². The quantitative estimate of drug-likeness (QED) is 0.0702. The molecular weight excluding hydrogens is 904 g/mol. The maximum absolute atomic E-state index is 16.3. The van der Waals surface area contributed by atoms with Crippen LogP contribution in [-0.2, 0) is 3.68 Å². The first-order chi connectivity index (χ1) is 26.5. The molecule has 0 radical (unpaired) electrons. The molecule has 0 bridgehead atoms. The van der Waals surface area contributed by atoms with Gasteiger partial charge in [-0.15, -0.1) is 23.2 Å². The van der Waals surface area contributed by atoms with Crippen LogP contribution in [-0.4, -0.2) is 51.9 Å². The maximum atomic E-state index is 16.3. The fourth-order valence-electron chi connectivity index (χ4n) is 6.85. The number of benzene rings is 3. The first kappa shape index (κ1) is 46.1. The summed E-state index contributed by atoms with van der Waals surface area (Å²) in [5.41, 5.74) is -8.11. The van der Waals surface area contributed by atoms with Gasteiger partial charge in [-0.25, -0.2) is 0 Å². The Morgan fingerprint density at radius 3 is 1.21 bits per heavy atom. The van der Waals surface area contributed by atoms with E-state index < -0.39 is 136 Å². The van der Waals surface area contributed by atoms with Crippen molar-refractivity contribution in [3.8, 4) is 0 Å². The summed E-state index contributed by atoms with van der Waals surface area (Å²) in [6.07, 6.45) is 1.02. The van der Waals surface area contributed by atoms with Gasteiger partial charge in [0.25, 0.3) is 0 Å². The van der Waals surface area contributed by atoms with Gasteiger partial charge in [-0.05, 0) is 0 Å². The van der Waals surface area contributed by atoms with E-state index in [-0.39, 0.29) is 29.8 Å². The topological polar surface area (TPSA) is 15.5 Å². The van der Waals surface area contributed by atoms with Crippen LogP contribution < -0.4 is 16.4 Å². The number of fused-ring (bicyclic) bond motifs is 1. The third-order valence-corrected chi connectivity index (χ3v) is 16.7. The Bertz CT molecular complexity index is 2000. The zero-order chi connectivity index (χ0) is 43.2. The van der Waals surface area contributed by atoms with E-state index in [1.807, 2.05) is 0 Å². The van der Waals surface area contributed by atoms with Gasteiger partial charge >= 0.3 is 301 Å². The van der Waals surface area contributed by atoms with Crippen LogP contribution in [0, 0.1) is 99.1 Å². The van der Waals surface area contributed by atoms with Crippen LogP contribution in [0.5, 0.6) is 0 Å². The molecule has 0 aromatic heterocycles. The van der Waals surface area contributed by atoms with Crippen molar-refractivity contribution in [1.82, 2.24) is 3.86 Å². The largest absolute Gasteiger partial charge is 0.109 e. The zero-order valence-electron chi connectivity index (χ0n) is 30.0. The molecule has 0 fully saturated rings. The molecule has 22 heteroatoms. The Morgan fingerprint density at radius 2 is 0.895 bits per heavy atom. The summed E-state index contributed by atoms with van der Waals surface area (Å²) >= 11 is 3.64. The number of hydrogen-bond acceptors (Lipinski definition) is 2. The van der Waals surface area contributed by atoms with Gasteiger partial charge in [0.1, 0.15) is 0 Å². The third kappa shape index (κ3) is 7.61. The maximum Gasteiger partial charge on any atom is 0.0967 e. The van der Waals surface area contributed by atoms with Crippen LogP contribution in [0.15, 0.2) is 36.1 Å². The number of halogens is 17. The van der Waals surface area contributed by atoms with E-state index in [1.54, 1.807) is 27.7 Å². The number of rotatable bonds is 9. The predicted molar refractivity (Wildman–Crippen MR) is 186 cm³/mol. The second-order valence-electron chi connectivity index (χ2n) is 13.6. The minimum Gasteiger partial charge on any atom is -0.109 e. The van der Waals surface area contributed by atoms with Crippen LogP contribution in [0.3, 0.4) is 0 Å². The molecule has 310 valence electrons. The molecule has 0 amide bonds. The monoisotopic (exact) mass is 932 g/mol. The summed E-state index contributed by atoms with van der Waals surface area (Å²) in [5, 5.41) is 0.194. The van der Waals surface area contributed by atoms with Crippen molar-refractivity contribution in [2.45, 2.75) is 33.5 Å². The second-order valence-corrected chi connectivity index (χ2v) is 21.1. The van der Waals surface area contributed by atoms with E-state index in [0.717, 1.165) is 5.76 Å². The summed E-state index contributed by atoms with van der Waals surface area (Å²) in [6, 6.07) is 0. The van der Waals surface area contributed by atoms with Crippen LogP contribution in [0.1, 0.15) is 27.7 Å². The fraction of sp³-hybridized carbons (Fsp3) is 0.286. The van der Waals surface area contributed by atoms with Gasteiger partial charge < -0.3 is 0 Å². The van der Waals surface area contributed by atoms with Crippen molar-refractivity contribution >= 4 is 65.7 Å². The SMILES string of the molecule is CC(C)C[N]1C2=CC=CC=CC2=[N+](CC(C)C)[Ge@@]1([CH3])[O][B-](c1c(F)c(F)c(F)c(F)c1F)(c1c(F)c(F)c(F)c(F)c1F)c1c(F)c(F)c(F)c(F)c1F.ClCCl. The van der Waals surface area contributed by atoms with Crippen molar-refractivity contribution in [2.24, 2.45) is 11.8 Å². The molecule has 0 unspecified atom stereocenters. The Hall–Kier alpha value is -3.55.